The lowest BCUT2D eigenvalue weighted by molar-refractivity contribution is -0.121. The first kappa shape index (κ1) is 24.9. The lowest BCUT2D eigenvalue weighted by atomic mass is 10.2. The lowest BCUT2D eigenvalue weighted by Gasteiger charge is -2.37. The number of carbonyl (C=O) groups is 2. The third-order valence-electron chi connectivity index (χ3n) is 4.72. The fourth-order valence-corrected chi connectivity index (χ4v) is 3.07. The van der Waals surface area contributed by atoms with Crippen LogP contribution in [0.25, 0.3) is 0 Å². The highest BCUT2D eigenvalue weighted by Crippen LogP contribution is 2.15. The molecule has 1 aliphatic heterocycles. The minimum Gasteiger partial charge on any atom is -0.467 e. The van der Waals surface area contributed by atoms with E-state index in [4.69, 9.17) is 10.2 Å². The molecule has 7 nitrogen and oxygen atoms in total. The van der Waals surface area contributed by atoms with E-state index in [-0.39, 0.29) is 49.2 Å². The maximum Gasteiger partial charge on any atom is 0.257 e. The molecule has 1 aliphatic rings. The zero-order valence-corrected chi connectivity index (χ0v) is 17.6. The van der Waals surface area contributed by atoms with Crippen LogP contribution < -0.4 is 11.1 Å². The largest absolute Gasteiger partial charge is 0.467 e. The zero-order chi connectivity index (χ0) is 19.4. The molecule has 0 aliphatic carbocycles. The van der Waals surface area contributed by atoms with Gasteiger partial charge in [0.15, 0.2) is 0 Å². The van der Waals surface area contributed by atoms with Gasteiger partial charge in [-0.15, -0.1) is 24.8 Å². The van der Waals surface area contributed by atoms with E-state index in [0.717, 1.165) is 0 Å². The minimum atomic E-state index is -0.399. The minimum absolute atomic E-state index is 0. The Morgan fingerprint density at radius 1 is 1.21 bits per heavy atom. The van der Waals surface area contributed by atoms with Gasteiger partial charge in [0.05, 0.1) is 18.2 Å². The van der Waals surface area contributed by atoms with Crippen molar-refractivity contribution >= 4 is 42.3 Å². The van der Waals surface area contributed by atoms with Crippen molar-refractivity contribution in [1.82, 2.24) is 9.80 Å². The van der Waals surface area contributed by atoms with Crippen LogP contribution in [-0.2, 0) is 11.3 Å². The summed E-state index contributed by atoms with van der Waals surface area (Å²) < 4.78 is 18.5. The number of furan rings is 1. The second kappa shape index (κ2) is 11.2. The van der Waals surface area contributed by atoms with Gasteiger partial charge in [-0.05, 0) is 31.2 Å². The summed E-state index contributed by atoms with van der Waals surface area (Å²) in [5.41, 5.74) is 6.42. The first-order chi connectivity index (χ1) is 13.0. The van der Waals surface area contributed by atoms with Crippen LogP contribution in [0.3, 0.4) is 0 Å². The molecule has 0 saturated carbocycles. The normalized spacial score (nSPS) is 15.1. The molecule has 3 rings (SSSR count). The molecule has 1 aromatic heterocycles. The molecule has 0 bridgehead atoms. The van der Waals surface area contributed by atoms with Gasteiger partial charge in [0.2, 0.25) is 5.91 Å². The van der Waals surface area contributed by atoms with Crippen LogP contribution in [0.15, 0.2) is 41.0 Å². The molecule has 29 heavy (non-hydrogen) atoms. The summed E-state index contributed by atoms with van der Waals surface area (Å²) in [5, 5.41) is 2.72. The average Bonchev–Trinajstić information content (AvgIpc) is 3.16. The van der Waals surface area contributed by atoms with E-state index in [0.29, 0.717) is 43.2 Å². The van der Waals surface area contributed by atoms with E-state index < -0.39 is 5.82 Å². The van der Waals surface area contributed by atoms with Crippen molar-refractivity contribution in [3.8, 4) is 0 Å². The molecule has 2 aromatic rings. The predicted octanol–water partition coefficient (Wildman–Crippen LogP) is 2.51. The van der Waals surface area contributed by atoms with E-state index in [2.05, 4.69) is 5.32 Å². The summed E-state index contributed by atoms with van der Waals surface area (Å²) in [6, 6.07) is 7.07. The SMILES string of the molecule is CC(C(=O)Nc1cccc(F)c1)N1CCN(C(=O)c2coc(CN)c2)CC1.Cl.Cl. The number of benzene rings is 1. The van der Waals surface area contributed by atoms with E-state index in [1.165, 1.54) is 18.4 Å². The van der Waals surface area contributed by atoms with Gasteiger partial charge in [-0.2, -0.15) is 0 Å². The Bertz CT molecular complexity index is 825. The number of carbonyl (C=O) groups excluding carboxylic acids is 2. The quantitative estimate of drug-likeness (QED) is 0.735. The maximum atomic E-state index is 13.2. The van der Waals surface area contributed by atoms with Gasteiger partial charge in [0, 0.05) is 31.9 Å². The smallest absolute Gasteiger partial charge is 0.257 e. The Balaban J connectivity index is 0.00000210. The summed E-state index contributed by atoms with van der Waals surface area (Å²) in [6.07, 6.45) is 1.42. The molecular weight excluding hydrogens is 422 g/mol. The highest BCUT2D eigenvalue weighted by molar-refractivity contribution is 5.95. The number of piperazine rings is 1. The Labute approximate surface area is 181 Å². The van der Waals surface area contributed by atoms with Crippen molar-refractivity contribution in [2.45, 2.75) is 19.5 Å². The first-order valence-electron chi connectivity index (χ1n) is 8.85. The molecule has 0 spiro atoms. The van der Waals surface area contributed by atoms with Crippen LogP contribution >= 0.6 is 24.8 Å². The fourth-order valence-electron chi connectivity index (χ4n) is 3.07. The van der Waals surface area contributed by atoms with Crippen LogP contribution in [0.2, 0.25) is 0 Å². The molecular formula is C19H25Cl2FN4O3. The standard InChI is InChI=1S/C19H23FN4O3.2ClH/c1-13(18(25)22-16-4-2-3-15(20)10-16)23-5-7-24(8-6-23)19(26)14-9-17(11-21)27-12-14;;/h2-4,9-10,12-13H,5-8,11,21H2,1H3,(H,22,25);2*1H. The Morgan fingerprint density at radius 3 is 2.48 bits per heavy atom. The fraction of sp³-hybridized carbons (Fsp3) is 0.368. The van der Waals surface area contributed by atoms with Gasteiger partial charge >= 0.3 is 0 Å². The molecule has 2 heterocycles. The van der Waals surface area contributed by atoms with Crippen molar-refractivity contribution < 1.29 is 18.4 Å². The summed E-state index contributed by atoms with van der Waals surface area (Å²) >= 11 is 0. The molecule has 3 N–H and O–H groups in total. The number of hydrogen-bond acceptors (Lipinski definition) is 5. The van der Waals surface area contributed by atoms with Crippen LogP contribution in [0.4, 0.5) is 10.1 Å². The molecule has 1 fully saturated rings. The third-order valence-corrected chi connectivity index (χ3v) is 4.72. The van der Waals surface area contributed by atoms with Gasteiger partial charge in [0.1, 0.15) is 17.8 Å². The molecule has 1 unspecified atom stereocenters. The number of rotatable bonds is 5. The summed E-state index contributed by atoms with van der Waals surface area (Å²) in [6.45, 7) is 4.23. The number of anilines is 1. The molecule has 2 amide bonds. The Hall–Kier alpha value is -2.13. The summed E-state index contributed by atoms with van der Waals surface area (Å²) in [5.74, 6) is -0.137. The summed E-state index contributed by atoms with van der Waals surface area (Å²) in [7, 11) is 0. The van der Waals surface area contributed by atoms with Gasteiger partial charge in [-0.1, -0.05) is 6.07 Å². The maximum absolute atomic E-state index is 13.2. The number of nitrogens with one attached hydrogen (secondary N) is 1. The van der Waals surface area contributed by atoms with E-state index in [1.807, 2.05) is 4.90 Å². The Kier molecular flexibility index (Phi) is 9.58. The van der Waals surface area contributed by atoms with Crippen LogP contribution in [0.5, 0.6) is 0 Å². The third kappa shape index (κ3) is 6.17. The van der Waals surface area contributed by atoms with Gasteiger partial charge in [-0.25, -0.2) is 4.39 Å². The van der Waals surface area contributed by atoms with Crippen molar-refractivity contribution in [1.29, 1.82) is 0 Å². The number of amides is 2. The second-order valence-corrected chi connectivity index (χ2v) is 6.51. The van der Waals surface area contributed by atoms with Gasteiger partial charge in [-0.3, -0.25) is 14.5 Å². The van der Waals surface area contributed by atoms with E-state index in [9.17, 15) is 14.0 Å². The predicted molar refractivity (Wildman–Crippen MR) is 113 cm³/mol. The molecule has 160 valence electrons. The number of hydrogen-bond donors (Lipinski definition) is 2. The molecule has 10 heteroatoms. The van der Waals surface area contributed by atoms with Crippen molar-refractivity contribution in [2.75, 3.05) is 31.5 Å². The number of nitrogens with two attached hydrogens (primary N) is 1. The van der Waals surface area contributed by atoms with E-state index in [1.54, 1.807) is 30.0 Å². The average molecular weight is 447 g/mol. The second-order valence-electron chi connectivity index (χ2n) is 6.51. The highest BCUT2D eigenvalue weighted by Gasteiger charge is 2.28. The summed E-state index contributed by atoms with van der Waals surface area (Å²) in [4.78, 5) is 28.7. The highest BCUT2D eigenvalue weighted by atomic mass is 35.5. The number of halogens is 3. The molecule has 1 saturated heterocycles. The van der Waals surface area contributed by atoms with Crippen molar-refractivity contribution in [3.63, 3.8) is 0 Å². The monoisotopic (exact) mass is 446 g/mol. The first-order valence-corrected chi connectivity index (χ1v) is 8.85. The number of nitrogens with zero attached hydrogens (tertiary/aromatic N) is 2. The molecule has 1 aromatic carbocycles. The molecule has 1 atom stereocenters. The van der Waals surface area contributed by atoms with Gasteiger partial charge in [0.25, 0.3) is 5.91 Å². The topological polar surface area (TPSA) is 91.8 Å². The lowest BCUT2D eigenvalue weighted by Crippen LogP contribution is -2.54. The van der Waals surface area contributed by atoms with Crippen LogP contribution in [-0.4, -0.2) is 53.8 Å². The molecule has 0 radical (unpaired) electrons. The van der Waals surface area contributed by atoms with Gasteiger partial charge < -0.3 is 20.4 Å². The zero-order valence-electron chi connectivity index (χ0n) is 16.0. The van der Waals surface area contributed by atoms with Crippen molar-refractivity contribution in [3.05, 3.63) is 53.7 Å². The van der Waals surface area contributed by atoms with E-state index >= 15 is 0 Å². The van der Waals surface area contributed by atoms with Crippen LogP contribution in [0, 0.1) is 5.82 Å². The Morgan fingerprint density at radius 2 is 1.90 bits per heavy atom. The van der Waals surface area contributed by atoms with Crippen molar-refractivity contribution in [2.24, 2.45) is 5.73 Å². The van der Waals surface area contributed by atoms with Crippen LogP contribution in [0.1, 0.15) is 23.0 Å².